The number of benzene rings is 2. The van der Waals surface area contributed by atoms with Crippen molar-refractivity contribution in [3.63, 3.8) is 0 Å². The van der Waals surface area contributed by atoms with Crippen LogP contribution >= 0.6 is 0 Å². The fraction of sp³-hybridized carbons (Fsp3) is 0.312. The molecule has 0 saturated carbocycles. The second kappa shape index (κ2) is 5.66. The molecule has 0 bridgehead atoms. The summed E-state index contributed by atoms with van der Waals surface area (Å²) in [5, 5.41) is 21.7. The fourth-order valence-electron chi connectivity index (χ4n) is 2.33. The Morgan fingerprint density at radius 2 is 1.89 bits per heavy atom. The number of aliphatic hydroxyl groups excluding tert-OH is 1. The lowest BCUT2D eigenvalue weighted by Crippen LogP contribution is -2.11. The van der Waals surface area contributed by atoms with Crippen LogP contribution in [0, 0.1) is 17.2 Å². The first-order valence-electron chi connectivity index (χ1n) is 6.33. The van der Waals surface area contributed by atoms with E-state index in [9.17, 15) is 5.11 Å². The molecule has 2 aromatic carbocycles. The molecule has 0 aliphatic rings. The lowest BCUT2D eigenvalue weighted by Gasteiger charge is -2.18. The summed E-state index contributed by atoms with van der Waals surface area (Å²) in [5.74, 6) is -0.333. The highest BCUT2D eigenvalue weighted by Gasteiger charge is 2.21. The summed E-state index contributed by atoms with van der Waals surface area (Å²) >= 11 is 0. The van der Waals surface area contributed by atoms with Gasteiger partial charge in [0.05, 0.1) is 18.1 Å². The molecule has 2 rings (SSSR count). The van der Waals surface area contributed by atoms with Crippen LogP contribution in [-0.2, 0) is 0 Å². The molecule has 2 heteroatoms. The van der Waals surface area contributed by atoms with Crippen molar-refractivity contribution in [3.8, 4) is 6.07 Å². The van der Waals surface area contributed by atoms with E-state index in [4.69, 9.17) is 5.26 Å². The predicted molar refractivity (Wildman–Crippen MR) is 72.9 cm³/mol. The van der Waals surface area contributed by atoms with Gasteiger partial charge in [0.15, 0.2) is 0 Å². The molecule has 0 spiro atoms. The maximum Gasteiger partial charge on any atom is 0.0954 e. The van der Waals surface area contributed by atoms with Crippen molar-refractivity contribution in [2.75, 3.05) is 0 Å². The SMILES string of the molecule is CCCC(C#N)C(O)c1cccc2ccccc12. The molecule has 0 amide bonds. The van der Waals surface area contributed by atoms with Gasteiger partial charge in [0, 0.05) is 0 Å². The number of aliphatic hydroxyl groups is 1. The molecule has 0 aromatic heterocycles. The molecular formula is C16H17NO. The highest BCUT2D eigenvalue weighted by Crippen LogP contribution is 2.30. The molecule has 2 unspecified atom stereocenters. The maximum absolute atomic E-state index is 10.4. The Labute approximate surface area is 107 Å². The number of hydrogen-bond acceptors (Lipinski definition) is 2. The second-order valence-corrected chi connectivity index (χ2v) is 4.54. The predicted octanol–water partition coefficient (Wildman–Crippen LogP) is 3.81. The van der Waals surface area contributed by atoms with E-state index in [0.29, 0.717) is 0 Å². The smallest absolute Gasteiger partial charge is 0.0954 e. The molecule has 18 heavy (non-hydrogen) atoms. The standard InChI is InChI=1S/C16H17NO/c1-2-6-13(11-17)16(18)15-10-5-8-12-7-3-4-9-14(12)15/h3-5,7-10,13,16,18H,2,6H2,1H3. The third kappa shape index (κ3) is 2.37. The monoisotopic (exact) mass is 239 g/mol. The topological polar surface area (TPSA) is 44.0 Å². The Morgan fingerprint density at radius 3 is 2.61 bits per heavy atom. The van der Waals surface area contributed by atoms with E-state index in [-0.39, 0.29) is 5.92 Å². The molecule has 92 valence electrons. The normalized spacial score (nSPS) is 14.1. The molecule has 0 aliphatic carbocycles. The highest BCUT2D eigenvalue weighted by molar-refractivity contribution is 5.86. The van der Waals surface area contributed by atoms with Crippen LogP contribution in [0.4, 0.5) is 0 Å². The van der Waals surface area contributed by atoms with Crippen LogP contribution in [0.15, 0.2) is 42.5 Å². The van der Waals surface area contributed by atoms with Crippen LogP contribution < -0.4 is 0 Å². The van der Waals surface area contributed by atoms with Gasteiger partial charge in [-0.05, 0) is 22.8 Å². The van der Waals surface area contributed by atoms with Crippen LogP contribution in [0.1, 0.15) is 31.4 Å². The Bertz CT molecular complexity index is 565. The summed E-state index contributed by atoms with van der Waals surface area (Å²) in [6, 6.07) is 16.0. The lowest BCUT2D eigenvalue weighted by molar-refractivity contribution is 0.131. The van der Waals surface area contributed by atoms with Crippen LogP contribution in [0.2, 0.25) is 0 Å². The summed E-state index contributed by atoms with van der Waals surface area (Å²) in [6.45, 7) is 2.03. The van der Waals surface area contributed by atoms with E-state index in [1.54, 1.807) is 0 Å². The number of nitriles is 1. The zero-order valence-electron chi connectivity index (χ0n) is 10.5. The van der Waals surface area contributed by atoms with Gasteiger partial charge in [0.2, 0.25) is 0 Å². The van der Waals surface area contributed by atoms with Crippen molar-refractivity contribution in [3.05, 3.63) is 48.0 Å². The van der Waals surface area contributed by atoms with E-state index < -0.39 is 6.10 Å². The van der Waals surface area contributed by atoms with Crippen LogP contribution in [-0.4, -0.2) is 5.11 Å². The van der Waals surface area contributed by atoms with E-state index in [1.807, 2.05) is 49.4 Å². The second-order valence-electron chi connectivity index (χ2n) is 4.54. The molecule has 0 aliphatic heterocycles. The van der Waals surface area contributed by atoms with Crippen LogP contribution in [0.5, 0.6) is 0 Å². The van der Waals surface area contributed by atoms with E-state index in [1.165, 1.54) is 0 Å². The average Bonchev–Trinajstić information content (AvgIpc) is 2.43. The highest BCUT2D eigenvalue weighted by atomic mass is 16.3. The summed E-state index contributed by atoms with van der Waals surface area (Å²) < 4.78 is 0. The number of hydrogen-bond donors (Lipinski definition) is 1. The van der Waals surface area contributed by atoms with Gasteiger partial charge < -0.3 is 5.11 Å². The van der Waals surface area contributed by atoms with Crippen molar-refractivity contribution in [1.29, 1.82) is 5.26 Å². The quantitative estimate of drug-likeness (QED) is 0.881. The first-order valence-corrected chi connectivity index (χ1v) is 6.33. The Balaban J connectivity index is 2.44. The minimum absolute atomic E-state index is 0.333. The minimum atomic E-state index is -0.707. The average molecular weight is 239 g/mol. The number of fused-ring (bicyclic) bond motifs is 1. The van der Waals surface area contributed by atoms with Gasteiger partial charge >= 0.3 is 0 Å². The number of rotatable bonds is 4. The summed E-state index contributed by atoms with van der Waals surface area (Å²) in [6.07, 6.45) is 0.919. The first-order chi connectivity index (χ1) is 8.77. The van der Waals surface area contributed by atoms with E-state index in [2.05, 4.69) is 6.07 Å². The van der Waals surface area contributed by atoms with Gasteiger partial charge in [0.25, 0.3) is 0 Å². The van der Waals surface area contributed by atoms with Crippen LogP contribution in [0.25, 0.3) is 10.8 Å². The molecule has 0 saturated heterocycles. The summed E-state index contributed by atoms with van der Waals surface area (Å²) in [5.41, 5.74) is 0.855. The van der Waals surface area contributed by atoms with Crippen molar-refractivity contribution in [2.24, 2.45) is 5.92 Å². The third-order valence-corrected chi connectivity index (χ3v) is 3.29. The van der Waals surface area contributed by atoms with Crippen molar-refractivity contribution in [1.82, 2.24) is 0 Å². The van der Waals surface area contributed by atoms with Gasteiger partial charge in [-0.1, -0.05) is 55.8 Å². The molecule has 0 fully saturated rings. The van der Waals surface area contributed by atoms with Gasteiger partial charge in [-0.25, -0.2) is 0 Å². The zero-order chi connectivity index (χ0) is 13.0. The third-order valence-electron chi connectivity index (χ3n) is 3.29. The molecule has 0 heterocycles. The van der Waals surface area contributed by atoms with Crippen molar-refractivity contribution >= 4 is 10.8 Å². The zero-order valence-corrected chi connectivity index (χ0v) is 10.5. The fourth-order valence-corrected chi connectivity index (χ4v) is 2.33. The van der Waals surface area contributed by atoms with Gasteiger partial charge in [-0.15, -0.1) is 0 Å². The van der Waals surface area contributed by atoms with Gasteiger partial charge in [-0.3, -0.25) is 0 Å². The summed E-state index contributed by atoms with van der Waals surface area (Å²) in [7, 11) is 0. The first kappa shape index (κ1) is 12.6. The molecule has 2 aromatic rings. The molecule has 2 atom stereocenters. The molecule has 2 nitrogen and oxygen atoms in total. The number of nitrogens with zero attached hydrogens (tertiary/aromatic N) is 1. The maximum atomic E-state index is 10.4. The van der Waals surface area contributed by atoms with Crippen molar-refractivity contribution in [2.45, 2.75) is 25.9 Å². The van der Waals surface area contributed by atoms with Crippen LogP contribution in [0.3, 0.4) is 0 Å². The van der Waals surface area contributed by atoms with Gasteiger partial charge in [-0.2, -0.15) is 5.26 Å². The van der Waals surface area contributed by atoms with E-state index in [0.717, 1.165) is 29.2 Å². The lowest BCUT2D eigenvalue weighted by atomic mass is 9.90. The Hall–Kier alpha value is -1.85. The van der Waals surface area contributed by atoms with Crippen molar-refractivity contribution < 1.29 is 5.11 Å². The van der Waals surface area contributed by atoms with E-state index >= 15 is 0 Å². The summed E-state index contributed by atoms with van der Waals surface area (Å²) in [4.78, 5) is 0. The molecule has 1 N–H and O–H groups in total. The molecule has 0 radical (unpaired) electrons. The Morgan fingerprint density at radius 1 is 1.17 bits per heavy atom. The van der Waals surface area contributed by atoms with Gasteiger partial charge in [0.1, 0.15) is 0 Å². The minimum Gasteiger partial charge on any atom is -0.387 e. The largest absolute Gasteiger partial charge is 0.387 e. The Kier molecular flexibility index (Phi) is 3.96. The molecular weight excluding hydrogens is 222 g/mol.